The van der Waals surface area contributed by atoms with Crippen LogP contribution >= 0.6 is 0 Å². The van der Waals surface area contributed by atoms with E-state index in [0.717, 1.165) is 0 Å². The smallest absolute Gasteiger partial charge is 0.119 e. The fourth-order valence-electron chi connectivity index (χ4n) is 3.39. The van der Waals surface area contributed by atoms with E-state index in [-0.39, 0.29) is 16.8 Å². The zero-order valence-corrected chi connectivity index (χ0v) is 13.0. The predicted molar refractivity (Wildman–Crippen MR) is 79.5 cm³/mol. The summed E-state index contributed by atoms with van der Waals surface area (Å²) < 4.78 is 5.83. The van der Waals surface area contributed by atoms with Crippen molar-refractivity contribution in [3.8, 4) is 0 Å². The van der Waals surface area contributed by atoms with Crippen molar-refractivity contribution in [1.82, 2.24) is 0 Å². The molecule has 2 radical (unpaired) electrons. The molecule has 2 saturated carbocycles. The summed E-state index contributed by atoms with van der Waals surface area (Å²) in [6.45, 7) is 0. The van der Waals surface area contributed by atoms with Crippen molar-refractivity contribution in [1.29, 1.82) is 0 Å². The van der Waals surface area contributed by atoms with E-state index in [9.17, 15) is 0 Å². The molecule has 1 heterocycles. The third kappa shape index (κ3) is 3.67. The number of ether oxygens (including phenoxy) is 1. The molecule has 2 fully saturated rings. The van der Waals surface area contributed by atoms with Gasteiger partial charge in [0.05, 0.1) is 6.26 Å². The number of hydrogen-bond donors (Lipinski definition) is 0. The minimum absolute atomic E-state index is 0. The monoisotopic (exact) mass is 314 g/mol. The fraction of sp³-hybridized carbons (Fsp3) is 0.500. The van der Waals surface area contributed by atoms with Gasteiger partial charge in [0.15, 0.2) is 0 Å². The van der Waals surface area contributed by atoms with Crippen molar-refractivity contribution in [2.24, 2.45) is 0 Å². The summed E-state index contributed by atoms with van der Waals surface area (Å²) in [5.41, 5.74) is 4.87. The van der Waals surface area contributed by atoms with Crippen LogP contribution in [0.3, 0.4) is 0 Å². The third-order valence-corrected chi connectivity index (χ3v) is 4.38. The Morgan fingerprint density at radius 3 is 2.35 bits per heavy atom. The van der Waals surface area contributed by atoms with Gasteiger partial charge in [-0.05, 0) is 68.1 Å². The van der Waals surface area contributed by atoms with Crippen molar-refractivity contribution < 1.29 is 21.5 Å². The van der Waals surface area contributed by atoms with Gasteiger partial charge in [-0.3, -0.25) is 0 Å². The van der Waals surface area contributed by atoms with Gasteiger partial charge in [-0.25, -0.2) is 0 Å². The molecule has 0 aromatic carbocycles. The summed E-state index contributed by atoms with van der Waals surface area (Å²) >= 11 is 0. The van der Waals surface area contributed by atoms with E-state index in [1.54, 1.807) is 11.1 Å². The molecule has 1 nitrogen and oxygen atoms in total. The van der Waals surface area contributed by atoms with E-state index in [0.29, 0.717) is 6.10 Å². The molecule has 110 valence electrons. The predicted octanol–water partition coefficient (Wildman–Crippen LogP) is 5.03. The second-order valence-corrected chi connectivity index (χ2v) is 5.69. The average Bonchev–Trinajstić information content (AvgIpc) is 3.07. The number of rotatable bonds is 0. The van der Waals surface area contributed by atoms with Crippen LogP contribution in [0, 0.1) is 6.42 Å². The Bertz CT molecular complexity index is 432. The van der Waals surface area contributed by atoms with Crippen LogP contribution in [0.15, 0.2) is 47.3 Å². The van der Waals surface area contributed by atoms with Crippen LogP contribution in [0.1, 0.15) is 51.4 Å². The van der Waals surface area contributed by atoms with Gasteiger partial charge in [-0.15, -0.1) is 0 Å². The maximum Gasteiger partial charge on any atom is 0.119 e. The molecule has 0 saturated heterocycles. The van der Waals surface area contributed by atoms with Crippen LogP contribution in [-0.4, -0.2) is 6.10 Å². The van der Waals surface area contributed by atoms with Crippen molar-refractivity contribution >= 4 is 0 Å². The van der Waals surface area contributed by atoms with Crippen LogP contribution in [0.4, 0.5) is 0 Å². The molecule has 0 amide bonds. The fourth-order valence-corrected chi connectivity index (χ4v) is 3.39. The second-order valence-electron chi connectivity index (χ2n) is 5.69. The zero-order valence-electron chi connectivity index (χ0n) is 11.9. The average molecular weight is 314 g/mol. The molecule has 2 heteroatoms. The van der Waals surface area contributed by atoms with E-state index in [2.05, 4.69) is 6.26 Å². The van der Waals surface area contributed by atoms with E-state index < -0.39 is 0 Å². The molecular weight excluding hydrogens is 291 g/mol. The Morgan fingerprint density at radius 1 is 0.850 bits per heavy atom. The van der Waals surface area contributed by atoms with Gasteiger partial charge in [0.2, 0.25) is 0 Å². The van der Waals surface area contributed by atoms with E-state index in [4.69, 9.17) is 4.74 Å². The minimum atomic E-state index is 0. The Kier molecular flexibility index (Phi) is 6.18. The molecule has 4 rings (SSSR count). The summed E-state index contributed by atoms with van der Waals surface area (Å²) in [4.78, 5) is 0. The first-order valence-corrected chi connectivity index (χ1v) is 7.68. The minimum Gasteiger partial charge on any atom is -0.493 e. The van der Waals surface area contributed by atoms with Crippen molar-refractivity contribution in [2.45, 2.75) is 57.5 Å². The molecule has 4 aliphatic rings. The third-order valence-electron chi connectivity index (χ3n) is 4.38. The first kappa shape index (κ1) is 15.7. The van der Waals surface area contributed by atoms with Gasteiger partial charge in [-0.1, -0.05) is 24.3 Å². The van der Waals surface area contributed by atoms with Gasteiger partial charge in [0, 0.05) is 23.2 Å². The Labute approximate surface area is 133 Å². The molecule has 0 N–H and O–H groups in total. The summed E-state index contributed by atoms with van der Waals surface area (Å²) in [6.07, 6.45) is 23.1. The van der Waals surface area contributed by atoms with Crippen molar-refractivity contribution in [3.63, 3.8) is 0 Å². The number of hydrogen-bond acceptors (Lipinski definition) is 1. The van der Waals surface area contributed by atoms with Crippen molar-refractivity contribution in [3.05, 3.63) is 53.7 Å². The molecule has 0 aromatic heterocycles. The molecular formula is C18H23CoO. The van der Waals surface area contributed by atoms with Gasteiger partial charge in [-0.2, -0.15) is 0 Å². The standard InChI is InChI=1S/C13H18O.C5H5.Co/c1-2-6-11-10(5-1)9-14-13-8-4-3-7-12(11)13;1-2-4-5-3-1;/h9,13H,1-8H2;1-5H;/t13-;;/m0../s1. The summed E-state index contributed by atoms with van der Waals surface area (Å²) in [5, 5.41) is 0. The Morgan fingerprint density at radius 2 is 1.60 bits per heavy atom. The van der Waals surface area contributed by atoms with Crippen molar-refractivity contribution in [2.75, 3.05) is 0 Å². The van der Waals surface area contributed by atoms with Crippen LogP contribution in [0.2, 0.25) is 0 Å². The molecule has 0 aromatic rings. The van der Waals surface area contributed by atoms with Gasteiger partial charge >= 0.3 is 0 Å². The quantitative estimate of drug-likeness (QED) is 0.609. The molecule has 0 spiro atoms. The zero-order chi connectivity index (χ0) is 12.9. The molecule has 20 heavy (non-hydrogen) atoms. The maximum atomic E-state index is 5.83. The molecule has 1 aliphatic heterocycles. The van der Waals surface area contributed by atoms with Crippen LogP contribution in [-0.2, 0) is 21.5 Å². The number of allylic oxidation sites excluding steroid dienone is 6. The first-order chi connectivity index (χ1) is 9.45. The van der Waals surface area contributed by atoms with E-state index in [1.807, 2.05) is 30.7 Å². The molecule has 1 atom stereocenters. The normalized spacial score (nSPS) is 26.4. The summed E-state index contributed by atoms with van der Waals surface area (Å²) in [7, 11) is 0. The Hall–Kier alpha value is -0.734. The Balaban J connectivity index is 0.000000210. The molecule has 3 aliphatic carbocycles. The topological polar surface area (TPSA) is 9.23 Å². The largest absolute Gasteiger partial charge is 0.493 e. The first-order valence-electron chi connectivity index (χ1n) is 7.68. The second kappa shape index (κ2) is 7.89. The van der Waals surface area contributed by atoms with Crippen LogP contribution in [0.5, 0.6) is 0 Å². The van der Waals surface area contributed by atoms with E-state index >= 15 is 0 Å². The SMILES string of the molecule is C1=C2CCCCC2=C2CCCC[C@@H]2O1.[CH]1C=CC=C1.[Co]. The molecule has 0 unspecified atom stereocenters. The van der Waals surface area contributed by atoms with Gasteiger partial charge < -0.3 is 4.74 Å². The molecule has 0 bridgehead atoms. The van der Waals surface area contributed by atoms with Gasteiger partial charge in [0.25, 0.3) is 0 Å². The van der Waals surface area contributed by atoms with E-state index in [1.165, 1.54) is 56.9 Å². The summed E-state index contributed by atoms with van der Waals surface area (Å²) in [5.74, 6) is 0. The van der Waals surface area contributed by atoms with Gasteiger partial charge in [0.1, 0.15) is 6.10 Å². The number of fused-ring (bicyclic) bond motifs is 2. The summed E-state index contributed by atoms with van der Waals surface area (Å²) in [6, 6.07) is 0. The van der Waals surface area contributed by atoms with Crippen LogP contribution in [0.25, 0.3) is 0 Å². The maximum absolute atomic E-state index is 5.83. The van der Waals surface area contributed by atoms with Crippen LogP contribution < -0.4 is 0 Å².